The van der Waals surface area contributed by atoms with Gasteiger partial charge in [-0.1, -0.05) is 75.5 Å². The van der Waals surface area contributed by atoms with Crippen molar-refractivity contribution >= 4 is 11.9 Å². The number of aryl methyl sites for hydroxylation is 1. The molecule has 0 bridgehead atoms. The summed E-state index contributed by atoms with van der Waals surface area (Å²) in [6.07, 6.45) is 1.20. The first-order valence-corrected chi connectivity index (χ1v) is 15.7. The fourth-order valence-electron chi connectivity index (χ4n) is 5.15. The first kappa shape index (κ1) is 34.8. The fourth-order valence-corrected chi connectivity index (χ4v) is 5.15. The Morgan fingerprint density at radius 2 is 1.48 bits per heavy atom. The van der Waals surface area contributed by atoms with Crippen LogP contribution in [-0.2, 0) is 48.0 Å². The SMILES string of the molecule is C=C(C)C(=O)OCc1cc(-c2ccc(-c3ccccc3)cc2CC)cc(OC(=O)C(=C)C)c1CCOCC1(C)COC(C)(C)OC1. The third kappa shape index (κ3) is 9.03. The van der Waals surface area contributed by atoms with Crippen LogP contribution in [0.15, 0.2) is 85.0 Å². The highest BCUT2D eigenvalue weighted by atomic mass is 16.7. The van der Waals surface area contributed by atoms with Crippen LogP contribution in [0.1, 0.15) is 58.2 Å². The number of rotatable bonds is 13. The van der Waals surface area contributed by atoms with E-state index < -0.39 is 17.7 Å². The molecular weight excluding hydrogens is 580 g/mol. The molecule has 1 aliphatic rings. The zero-order valence-electron chi connectivity index (χ0n) is 28.0. The summed E-state index contributed by atoms with van der Waals surface area (Å²) in [5.74, 6) is -1.27. The average Bonchev–Trinajstić information content (AvgIpc) is 3.04. The van der Waals surface area contributed by atoms with E-state index >= 15 is 0 Å². The van der Waals surface area contributed by atoms with Gasteiger partial charge in [0.25, 0.3) is 0 Å². The molecule has 0 aromatic heterocycles. The van der Waals surface area contributed by atoms with E-state index in [9.17, 15) is 9.59 Å². The van der Waals surface area contributed by atoms with Crippen molar-refractivity contribution in [3.63, 3.8) is 0 Å². The number of hydrogen-bond donors (Lipinski definition) is 0. The van der Waals surface area contributed by atoms with Gasteiger partial charge in [-0.05, 0) is 86.1 Å². The first-order valence-electron chi connectivity index (χ1n) is 15.7. The van der Waals surface area contributed by atoms with Gasteiger partial charge in [0.2, 0.25) is 0 Å². The first-order chi connectivity index (χ1) is 21.8. The van der Waals surface area contributed by atoms with Crippen LogP contribution in [0.25, 0.3) is 22.3 Å². The van der Waals surface area contributed by atoms with Gasteiger partial charge in [-0.15, -0.1) is 0 Å². The Labute approximate surface area is 273 Å². The lowest BCUT2D eigenvalue weighted by molar-refractivity contribution is -0.288. The molecule has 0 N–H and O–H groups in total. The van der Waals surface area contributed by atoms with Crippen LogP contribution in [0, 0.1) is 5.41 Å². The number of hydrogen-bond acceptors (Lipinski definition) is 7. The van der Waals surface area contributed by atoms with Gasteiger partial charge in [-0.3, -0.25) is 0 Å². The van der Waals surface area contributed by atoms with Crippen LogP contribution in [0.3, 0.4) is 0 Å². The lowest BCUT2D eigenvalue weighted by atomic mass is 9.91. The summed E-state index contributed by atoms with van der Waals surface area (Å²) in [6.45, 7) is 20.4. The molecule has 0 saturated carbocycles. The highest BCUT2D eigenvalue weighted by molar-refractivity contribution is 5.89. The van der Waals surface area contributed by atoms with Crippen LogP contribution in [0.5, 0.6) is 5.75 Å². The predicted octanol–water partition coefficient (Wildman–Crippen LogP) is 8.03. The molecule has 0 amide bonds. The van der Waals surface area contributed by atoms with Crippen LogP contribution in [0.2, 0.25) is 0 Å². The molecule has 1 fully saturated rings. The molecule has 1 aliphatic heterocycles. The zero-order chi connectivity index (χ0) is 33.5. The highest BCUT2D eigenvalue weighted by Crippen LogP contribution is 2.36. The molecular formula is C39H46O7. The third-order valence-electron chi connectivity index (χ3n) is 7.95. The van der Waals surface area contributed by atoms with Gasteiger partial charge in [-0.25, -0.2) is 9.59 Å². The Kier molecular flexibility index (Phi) is 11.4. The molecule has 0 atom stereocenters. The fraction of sp³-hybridized carbons (Fsp3) is 0.385. The second-order valence-electron chi connectivity index (χ2n) is 12.8. The summed E-state index contributed by atoms with van der Waals surface area (Å²) in [5.41, 5.74) is 6.94. The summed E-state index contributed by atoms with van der Waals surface area (Å²) >= 11 is 0. The average molecular weight is 627 g/mol. The normalized spacial score (nSPS) is 15.2. The largest absolute Gasteiger partial charge is 0.457 e. The summed E-state index contributed by atoms with van der Waals surface area (Å²) in [7, 11) is 0. The number of ether oxygens (including phenoxy) is 5. The summed E-state index contributed by atoms with van der Waals surface area (Å²) in [6, 6.07) is 20.5. The smallest absolute Gasteiger partial charge is 0.338 e. The van der Waals surface area contributed by atoms with Crippen molar-refractivity contribution < 1.29 is 33.3 Å². The van der Waals surface area contributed by atoms with Crippen molar-refractivity contribution in [2.24, 2.45) is 5.41 Å². The van der Waals surface area contributed by atoms with Gasteiger partial charge >= 0.3 is 11.9 Å². The van der Waals surface area contributed by atoms with E-state index in [0.717, 1.165) is 34.2 Å². The van der Waals surface area contributed by atoms with E-state index in [-0.39, 0.29) is 17.6 Å². The summed E-state index contributed by atoms with van der Waals surface area (Å²) in [5, 5.41) is 0. The second-order valence-corrected chi connectivity index (χ2v) is 12.8. The highest BCUT2D eigenvalue weighted by Gasteiger charge is 2.36. The summed E-state index contributed by atoms with van der Waals surface area (Å²) in [4.78, 5) is 25.3. The lowest BCUT2D eigenvalue weighted by Crippen LogP contribution is -2.47. The number of esters is 2. The Bertz CT molecular complexity index is 1580. The van der Waals surface area contributed by atoms with Crippen molar-refractivity contribution in [1.82, 2.24) is 0 Å². The Balaban J connectivity index is 1.70. The molecule has 3 aromatic carbocycles. The number of carbonyl (C=O) groups is 2. The van der Waals surface area contributed by atoms with Gasteiger partial charge in [0.1, 0.15) is 12.4 Å². The maximum Gasteiger partial charge on any atom is 0.338 e. The standard InChI is InChI=1S/C39H46O7/c1-9-28-19-30(29-13-11-10-12-14-29)15-16-33(28)31-20-32(22-43-36(40)26(2)3)34(35(21-31)46-37(41)27(4)5)17-18-42-23-39(8)24-44-38(6,7)45-25-39/h10-16,19-21H,2,4,9,17-18,22-25H2,1,3,5-8H3. The van der Waals surface area contributed by atoms with E-state index in [1.165, 1.54) is 0 Å². The van der Waals surface area contributed by atoms with Crippen molar-refractivity contribution in [1.29, 1.82) is 0 Å². The van der Waals surface area contributed by atoms with Gasteiger partial charge in [0, 0.05) is 22.1 Å². The van der Waals surface area contributed by atoms with E-state index in [1.54, 1.807) is 13.8 Å². The van der Waals surface area contributed by atoms with E-state index in [2.05, 4.69) is 57.3 Å². The van der Waals surface area contributed by atoms with Gasteiger partial charge in [0.15, 0.2) is 5.79 Å². The monoisotopic (exact) mass is 626 g/mol. The molecule has 0 unspecified atom stereocenters. The lowest BCUT2D eigenvalue weighted by Gasteiger charge is -2.41. The van der Waals surface area contributed by atoms with E-state index in [4.69, 9.17) is 23.7 Å². The topological polar surface area (TPSA) is 80.3 Å². The van der Waals surface area contributed by atoms with Gasteiger partial charge in [0.05, 0.1) is 26.4 Å². The summed E-state index contributed by atoms with van der Waals surface area (Å²) < 4.78 is 29.4. The van der Waals surface area contributed by atoms with Crippen molar-refractivity contribution in [3.8, 4) is 28.0 Å². The molecule has 7 nitrogen and oxygen atoms in total. The van der Waals surface area contributed by atoms with Crippen LogP contribution < -0.4 is 4.74 Å². The zero-order valence-corrected chi connectivity index (χ0v) is 28.0. The van der Waals surface area contributed by atoms with Crippen LogP contribution in [-0.4, -0.2) is 44.2 Å². The van der Waals surface area contributed by atoms with Crippen LogP contribution in [0.4, 0.5) is 0 Å². The molecule has 3 aromatic rings. The third-order valence-corrected chi connectivity index (χ3v) is 7.95. The molecule has 0 aliphatic carbocycles. The molecule has 7 heteroatoms. The quantitative estimate of drug-likeness (QED) is 0.0822. The molecule has 1 saturated heterocycles. The van der Waals surface area contributed by atoms with Crippen LogP contribution >= 0.6 is 0 Å². The Morgan fingerprint density at radius 1 is 0.826 bits per heavy atom. The number of carbonyl (C=O) groups excluding carboxylic acids is 2. The number of benzene rings is 3. The molecule has 0 spiro atoms. The molecule has 244 valence electrons. The minimum atomic E-state index is -0.612. The second kappa shape index (κ2) is 15.0. The van der Waals surface area contributed by atoms with Gasteiger partial charge in [-0.2, -0.15) is 0 Å². The molecule has 46 heavy (non-hydrogen) atoms. The molecule has 0 radical (unpaired) electrons. The maximum atomic E-state index is 12.9. The minimum absolute atomic E-state index is 0.0233. The molecule has 1 heterocycles. The Morgan fingerprint density at radius 3 is 2.11 bits per heavy atom. The van der Waals surface area contributed by atoms with E-state index in [0.29, 0.717) is 55.3 Å². The maximum absolute atomic E-state index is 12.9. The van der Waals surface area contributed by atoms with Crippen molar-refractivity contribution in [2.75, 3.05) is 26.4 Å². The van der Waals surface area contributed by atoms with Crippen molar-refractivity contribution in [2.45, 2.75) is 66.8 Å². The molecule has 4 rings (SSSR count). The predicted molar refractivity (Wildman–Crippen MR) is 180 cm³/mol. The van der Waals surface area contributed by atoms with E-state index in [1.807, 2.05) is 44.2 Å². The minimum Gasteiger partial charge on any atom is -0.457 e. The Hall–Kier alpha value is -4.04. The van der Waals surface area contributed by atoms with Gasteiger partial charge < -0.3 is 23.7 Å². The van der Waals surface area contributed by atoms with Crippen molar-refractivity contribution in [3.05, 3.63) is 102 Å².